The van der Waals surface area contributed by atoms with Crippen LogP contribution in [0.15, 0.2) is 18.2 Å². The van der Waals surface area contributed by atoms with E-state index < -0.39 is 0 Å². The maximum absolute atomic E-state index is 11.6. The number of anilines is 2. The monoisotopic (exact) mass is 218 g/mol. The lowest BCUT2D eigenvalue weighted by molar-refractivity contribution is -0.115. The molecular weight excluding hydrogens is 204 g/mol. The predicted molar refractivity (Wildman–Crippen MR) is 62.0 cm³/mol. The van der Waals surface area contributed by atoms with Gasteiger partial charge in [-0.25, -0.2) is 0 Å². The van der Waals surface area contributed by atoms with E-state index in [9.17, 15) is 4.79 Å². The van der Waals surface area contributed by atoms with Gasteiger partial charge in [-0.3, -0.25) is 4.79 Å². The summed E-state index contributed by atoms with van der Waals surface area (Å²) in [5, 5.41) is 2.89. The zero-order valence-corrected chi connectivity index (χ0v) is 9.19. The molecule has 1 aromatic carbocycles. The number of benzene rings is 1. The fraction of sp³-hybridized carbons (Fsp3) is 0.417. The molecule has 3 rings (SSSR count). The van der Waals surface area contributed by atoms with Gasteiger partial charge in [0.25, 0.3) is 0 Å². The Kier molecular flexibility index (Phi) is 2.02. The first-order valence-corrected chi connectivity index (χ1v) is 5.53. The molecule has 2 aliphatic rings. The fourth-order valence-electron chi connectivity index (χ4n) is 2.19. The number of carbonyl (C=O) groups is 1. The van der Waals surface area contributed by atoms with E-state index in [1.165, 1.54) is 12.8 Å². The minimum absolute atomic E-state index is 0.0453. The Hall–Kier alpha value is -1.71. The molecule has 0 atom stereocenters. The van der Waals surface area contributed by atoms with Crippen LogP contribution < -0.4 is 15.0 Å². The molecule has 84 valence electrons. The van der Waals surface area contributed by atoms with E-state index in [0.717, 1.165) is 17.1 Å². The Labute approximate surface area is 94.2 Å². The molecule has 0 aromatic heterocycles. The number of fused-ring (bicyclic) bond motifs is 1. The van der Waals surface area contributed by atoms with E-state index in [1.54, 1.807) is 7.11 Å². The Morgan fingerprint density at radius 2 is 2.25 bits per heavy atom. The average Bonchev–Trinajstić information content (AvgIpc) is 3.11. The Morgan fingerprint density at radius 3 is 2.94 bits per heavy atom. The van der Waals surface area contributed by atoms with E-state index in [0.29, 0.717) is 12.6 Å². The molecule has 1 aromatic rings. The second-order valence-corrected chi connectivity index (χ2v) is 4.26. The Bertz CT molecular complexity index is 441. The predicted octanol–water partition coefficient (Wildman–Crippen LogP) is 1.62. The van der Waals surface area contributed by atoms with Crippen molar-refractivity contribution >= 4 is 17.3 Å². The fourth-order valence-corrected chi connectivity index (χ4v) is 2.19. The lowest BCUT2D eigenvalue weighted by atomic mass is 10.1. The first kappa shape index (κ1) is 9.51. The third-order valence-electron chi connectivity index (χ3n) is 3.10. The highest BCUT2D eigenvalue weighted by atomic mass is 16.5. The molecule has 1 saturated carbocycles. The number of hydrogen-bond donors (Lipinski definition) is 1. The molecule has 0 unspecified atom stereocenters. The second kappa shape index (κ2) is 3.40. The standard InChI is InChI=1S/C12H14N2O2/c1-16-10-4-2-3-9-12(10)13-11(15)7-14(9)8-5-6-8/h2-4,8H,5-7H2,1H3,(H,13,15). The number of para-hydroxylation sites is 1. The van der Waals surface area contributed by atoms with Crippen molar-refractivity contribution in [3.05, 3.63) is 18.2 Å². The molecule has 4 heteroatoms. The maximum atomic E-state index is 11.6. The Balaban J connectivity index is 2.07. The second-order valence-electron chi connectivity index (χ2n) is 4.26. The van der Waals surface area contributed by atoms with Crippen molar-refractivity contribution in [2.75, 3.05) is 23.9 Å². The molecule has 16 heavy (non-hydrogen) atoms. The van der Waals surface area contributed by atoms with Crippen LogP contribution in [0.4, 0.5) is 11.4 Å². The van der Waals surface area contributed by atoms with Gasteiger partial charge in [-0.1, -0.05) is 6.07 Å². The lowest BCUT2D eigenvalue weighted by Crippen LogP contribution is -2.39. The van der Waals surface area contributed by atoms with Crippen molar-refractivity contribution < 1.29 is 9.53 Å². The number of amides is 1. The van der Waals surface area contributed by atoms with Gasteiger partial charge in [0, 0.05) is 6.04 Å². The summed E-state index contributed by atoms with van der Waals surface area (Å²) in [6.45, 7) is 0.463. The van der Waals surface area contributed by atoms with Gasteiger partial charge < -0.3 is 15.0 Å². The van der Waals surface area contributed by atoms with Gasteiger partial charge >= 0.3 is 0 Å². The largest absolute Gasteiger partial charge is 0.494 e. The van der Waals surface area contributed by atoms with Crippen LogP contribution in [0, 0.1) is 0 Å². The molecule has 1 amide bonds. The summed E-state index contributed by atoms with van der Waals surface area (Å²) in [5.74, 6) is 0.778. The van der Waals surface area contributed by atoms with Crippen LogP contribution >= 0.6 is 0 Å². The van der Waals surface area contributed by atoms with Crippen molar-refractivity contribution in [1.29, 1.82) is 0 Å². The third kappa shape index (κ3) is 1.41. The molecule has 1 heterocycles. The molecule has 4 nitrogen and oxygen atoms in total. The number of rotatable bonds is 2. The molecular formula is C12H14N2O2. The van der Waals surface area contributed by atoms with Gasteiger partial charge in [0.1, 0.15) is 11.4 Å². The summed E-state index contributed by atoms with van der Waals surface area (Å²) in [5.41, 5.74) is 1.90. The third-order valence-corrected chi connectivity index (χ3v) is 3.10. The summed E-state index contributed by atoms with van der Waals surface area (Å²) < 4.78 is 5.27. The number of methoxy groups -OCH3 is 1. The van der Waals surface area contributed by atoms with E-state index in [-0.39, 0.29) is 5.91 Å². The van der Waals surface area contributed by atoms with Crippen LogP contribution in [0.25, 0.3) is 0 Å². The smallest absolute Gasteiger partial charge is 0.244 e. The molecule has 1 N–H and O–H groups in total. The number of nitrogens with one attached hydrogen (secondary N) is 1. The van der Waals surface area contributed by atoms with Gasteiger partial charge in [0.05, 0.1) is 19.3 Å². The van der Waals surface area contributed by atoms with Crippen LogP contribution in [0.3, 0.4) is 0 Å². The summed E-state index contributed by atoms with van der Waals surface area (Å²) in [6.07, 6.45) is 2.37. The normalized spacial score (nSPS) is 19.1. The van der Waals surface area contributed by atoms with Crippen molar-refractivity contribution in [3.63, 3.8) is 0 Å². The summed E-state index contributed by atoms with van der Waals surface area (Å²) in [7, 11) is 1.62. The maximum Gasteiger partial charge on any atom is 0.244 e. The zero-order valence-electron chi connectivity index (χ0n) is 9.19. The first-order chi connectivity index (χ1) is 7.79. The Morgan fingerprint density at radius 1 is 1.44 bits per heavy atom. The minimum Gasteiger partial charge on any atom is -0.494 e. The van der Waals surface area contributed by atoms with Gasteiger partial charge in [0.2, 0.25) is 5.91 Å². The highest BCUT2D eigenvalue weighted by molar-refractivity contribution is 6.03. The topological polar surface area (TPSA) is 41.6 Å². The molecule has 1 aliphatic heterocycles. The number of ether oxygens (including phenoxy) is 1. The van der Waals surface area contributed by atoms with E-state index >= 15 is 0 Å². The highest BCUT2D eigenvalue weighted by Crippen LogP contribution is 2.42. The molecule has 0 bridgehead atoms. The number of carbonyl (C=O) groups excluding carboxylic acids is 1. The van der Waals surface area contributed by atoms with Crippen LogP contribution in [0.1, 0.15) is 12.8 Å². The van der Waals surface area contributed by atoms with Crippen molar-refractivity contribution in [2.45, 2.75) is 18.9 Å². The van der Waals surface area contributed by atoms with Crippen LogP contribution in [-0.2, 0) is 4.79 Å². The van der Waals surface area contributed by atoms with E-state index in [1.807, 2.05) is 18.2 Å². The highest BCUT2D eigenvalue weighted by Gasteiger charge is 2.35. The average molecular weight is 218 g/mol. The molecule has 1 aliphatic carbocycles. The lowest BCUT2D eigenvalue weighted by Gasteiger charge is -2.31. The molecule has 0 radical (unpaired) electrons. The molecule has 1 fully saturated rings. The van der Waals surface area contributed by atoms with Gasteiger partial charge in [-0.2, -0.15) is 0 Å². The van der Waals surface area contributed by atoms with E-state index in [4.69, 9.17) is 4.74 Å². The molecule has 0 spiro atoms. The quantitative estimate of drug-likeness (QED) is 0.820. The first-order valence-electron chi connectivity index (χ1n) is 5.53. The van der Waals surface area contributed by atoms with Gasteiger partial charge in [-0.15, -0.1) is 0 Å². The minimum atomic E-state index is 0.0453. The number of hydrogen-bond acceptors (Lipinski definition) is 3. The summed E-state index contributed by atoms with van der Waals surface area (Å²) in [4.78, 5) is 13.8. The van der Waals surface area contributed by atoms with Crippen LogP contribution in [-0.4, -0.2) is 25.6 Å². The molecule has 0 saturated heterocycles. The zero-order chi connectivity index (χ0) is 11.1. The van der Waals surface area contributed by atoms with Crippen molar-refractivity contribution in [2.24, 2.45) is 0 Å². The van der Waals surface area contributed by atoms with E-state index in [2.05, 4.69) is 10.2 Å². The van der Waals surface area contributed by atoms with Crippen molar-refractivity contribution in [3.8, 4) is 5.75 Å². The number of nitrogens with zero attached hydrogens (tertiary/aromatic N) is 1. The van der Waals surface area contributed by atoms with Crippen LogP contribution in [0.5, 0.6) is 5.75 Å². The summed E-state index contributed by atoms with van der Waals surface area (Å²) >= 11 is 0. The summed E-state index contributed by atoms with van der Waals surface area (Å²) in [6, 6.07) is 6.41. The van der Waals surface area contributed by atoms with Crippen LogP contribution in [0.2, 0.25) is 0 Å². The SMILES string of the molecule is COc1cccc2c1NC(=O)CN2C1CC1. The van der Waals surface area contributed by atoms with Gasteiger partial charge in [-0.05, 0) is 25.0 Å². The van der Waals surface area contributed by atoms with Crippen molar-refractivity contribution in [1.82, 2.24) is 0 Å². The van der Waals surface area contributed by atoms with Gasteiger partial charge in [0.15, 0.2) is 0 Å².